The number of esters is 4. The van der Waals surface area contributed by atoms with E-state index in [-0.39, 0.29) is 0 Å². The fourth-order valence-corrected chi connectivity index (χ4v) is 3.55. The molecule has 0 amide bonds. The first kappa shape index (κ1) is 28.8. The van der Waals surface area contributed by atoms with Crippen LogP contribution in [-0.2, 0) is 52.3 Å². The third kappa shape index (κ3) is 7.79. The Labute approximate surface area is 199 Å². The van der Waals surface area contributed by atoms with Crippen molar-refractivity contribution in [2.45, 2.75) is 89.1 Å². The minimum absolute atomic E-state index is 0.504. The second-order valence-corrected chi connectivity index (χ2v) is 7.93. The number of rotatable bonds is 8. The van der Waals surface area contributed by atoms with Gasteiger partial charge in [-0.3, -0.25) is 19.2 Å². The lowest BCUT2D eigenvalue weighted by atomic mass is 9.96. The van der Waals surface area contributed by atoms with Crippen LogP contribution in [0.3, 0.4) is 0 Å². The number of carbonyl (C=O) groups excluding carboxylic acids is 4. The predicted octanol–water partition coefficient (Wildman–Crippen LogP) is -3.11. The van der Waals surface area contributed by atoms with Gasteiger partial charge in [0.2, 0.25) is 0 Å². The summed E-state index contributed by atoms with van der Waals surface area (Å²) in [6.07, 6.45) is -16.2. The van der Waals surface area contributed by atoms with Gasteiger partial charge in [-0.1, -0.05) is 0 Å². The van der Waals surface area contributed by atoms with E-state index >= 15 is 0 Å². The molecule has 35 heavy (non-hydrogen) atoms. The average Bonchev–Trinajstić information content (AvgIpc) is 2.75. The van der Waals surface area contributed by atoms with Crippen LogP contribution >= 0.6 is 0 Å². The predicted molar refractivity (Wildman–Crippen MR) is 107 cm³/mol. The molecule has 0 aromatic heterocycles. The Morgan fingerprint density at radius 2 is 1.14 bits per heavy atom. The van der Waals surface area contributed by atoms with Crippen molar-refractivity contribution in [2.24, 2.45) is 0 Å². The molecular weight excluding hydrogens is 480 g/mol. The van der Waals surface area contributed by atoms with E-state index in [0.717, 1.165) is 27.7 Å². The van der Waals surface area contributed by atoms with Gasteiger partial charge in [0, 0.05) is 27.7 Å². The second-order valence-electron chi connectivity index (χ2n) is 7.93. The molecule has 0 bridgehead atoms. The smallest absolute Gasteiger partial charge is 0.303 e. The zero-order valence-electron chi connectivity index (χ0n) is 19.5. The second kappa shape index (κ2) is 12.5. The van der Waals surface area contributed by atoms with Crippen molar-refractivity contribution in [3.05, 3.63) is 0 Å². The molecule has 0 aromatic carbocycles. The molecule has 0 aromatic rings. The molecule has 10 atom stereocenters. The summed E-state index contributed by atoms with van der Waals surface area (Å²) >= 11 is 0. The van der Waals surface area contributed by atoms with Gasteiger partial charge in [0.1, 0.15) is 49.8 Å². The monoisotopic (exact) mass is 510 g/mol. The van der Waals surface area contributed by atoms with Crippen molar-refractivity contribution in [2.75, 3.05) is 13.2 Å². The van der Waals surface area contributed by atoms with E-state index in [1.807, 2.05) is 0 Å². The molecule has 2 fully saturated rings. The van der Waals surface area contributed by atoms with E-state index in [1.165, 1.54) is 0 Å². The summed E-state index contributed by atoms with van der Waals surface area (Å²) in [5.74, 6) is -3.15. The number of aliphatic hydroxyl groups excluding tert-OH is 4. The molecule has 0 saturated carbocycles. The van der Waals surface area contributed by atoms with Crippen LogP contribution in [-0.4, -0.2) is 119 Å². The topological polar surface area (TPSA) is 214 Å². The first-order valence-electron chi connectivity index (χ1n) is 10.6. The normalized spacial score (nSPS) is 37.1. The lowest BCUT2D eigenvalue weighted by molar-refractivity contribution is -0.356. The fraction of sp³-hybridized carbons (Fsp3) is 0.800. The molecule has 15 nitrogen and oxygen atoms in total. The molecule has 2 saturated heterocycles. The zero-order chi connectivity index (χ0) is 26.4. The Balaban J connectivity index is 2.34. The molecule has 2 rings (SSSR count). The number of hydrogen-bond donors (Lipinski definition) is 4. The maximum atomic E-state index is 11.6. The SMILES string of the molecule is CC(=O)OCC1O[C@@H](O[C@@H]2C(COC(C)=O)OC(O)[C@@H](OC(C)=O)C2O)[C@@H](OC(C)=O)C(O)[C@H]1O. The summed E-state index contributed by atoms with van der Waals surface area (Å²) in [4.78, 5) is 45.5. The fourth-order valence-electron chi connectivity index (χ4n) is 3.55. The number of carbonyl (C=O) groups is 4. The lowest BCUT2D eigenvalue weighted by Crippen LogP contribution is -2.65. The number of aliphatic hydroxyl groups is 4. The van der Waals surface area contributed by atoms with Gasteiger partial charge in [0.15, 0.2) is 24.8 Å². The van der Waals surface area contributed by atoms with Crippen LogP contribution in [0.4, 0.5) is 0 Å². The van der Waals surface area contributed by atoms with E-state index < -0.39 is 98.5 Å². The van der Waals surface area contributed by atoms with Crippen LogP contribution in [0.5, 0.6) is 0 Å². The van der Waals surface area contributed by atoms with Crippen molar-refractivity contribution in [3.8, 4) is 0 Å². The highest BCUT2D eigenvalue weighted by Gasteiger charge is 2.53. The molecule has 0 spiro atoms. The van der Waals surface area contributed by atoms with E-state index in [4.69, 9.17) is 33.2 Å². The molecule has 4 N–H and O–H groups in total. The molecule has 2 aliphatic heterocycles. The van der Waals surface area contributed by atoms with Crippen molar-refractivity contribution < 1.29 is 72.8 Å². The highest BCUT2D eigenvalue weighted by molar-refractivity contribution is 5.67. The Kier molecular flexibility index (Phi) is 10.3. The lowest BCUT2D eigenvalue weighted by Gasteiger charge is -2.46. The van der Waals surface area contributed by atoms with Crippen molar-refractivity contribution in [1.82, 2.24) is 0 Å². The standard InChI is InChI=1S/C20H30O15/c1-7(21)29-5-11-13(25)14(26)18(32-10(4)24)20(34-11)35-16-12(6-30-8(2)22)33-19(28)17(15(16)27)31-9(3)23/h11-20,25-28H,5-6H2,1-4H3/t11?,12?,13-,14?,15?,16+,17-,18-,19?,20-/m0/s1. The summed E-state index contributed by atoms with van der Waals surface area (Å²) in [6.45, 7) is 3.24. The maximum absolute atomic E-state index is 11.6. The van der Waals surface area contributed by atoms with E-state index in [0.29, 0.717) is 0 Å². The van der Waals surface area contributed by atoms with Crippen molar-refractivity contribution >= 4 is 23.9 Å². The average molecular weight is 510 g/mol. The molecule has 2 aliphatic rings. The van der Waals surface area contributed by atoms with Gasteiger partial charge >= 0.3 is 23.9 Å². The molecule has 15 heteroatoms. The van der Waals surface area contributed by atoms with Crippen molar-refractivity contribution in [3.63, 3.8) is 0 Å². The maximum Gasteiger partial charge on any atom is 0.303 e. The Morgan fingerprint density at radius 1 is 0.629 bits per heavy atom. The minimum atomic E-state index is -1.82. The largest absolute Gasteiger partial charge is 0.463 e. The first-order valence-corrected chi connectivity index (χ1v) is 10.6. The summed E-state index contributed by atoms with van der Waals surface area (Å²) in [5, 5.41) is 41.9. The van der Waals surface area contributed by atoms with Crippen LogP contribution in [0.15, 0.2) is 0 Å². The van der Waals surface area contributed by atoms with Crippen LogP contribution in [0.2, 0.25) is 0 Å². The first-order chi connectivity index (χ1) is 16.3. The molecule has 5 unspecified atom stereocenters. The highest BCUT2D eigenvalue weighted by Crippen LogP contribution is 2.31. The summed E-state index contributed by atoms with van der Waals surface area (Å²) in [5.41, 5.74) is 0. The van der Waals surface area contributed by atoms with E-state index in [9.17, 15) is 39.6 Å². The van der Waals surface area contributed by atoms with Crippen LogP contribution < -0.4 is 0 Å². The van der Waals surface area contributed by atoms with E-state index in [2.05, 4.69) is 0 Å². The quantitative estimate of drug-likeness (QED) is 0.188. The Hall–Kier alpha value is -2.40. The Bertz CT molecular complexity index is 768. The summed E-state index contributed by atoms with van der Waals surface area (Å²) in [7, 11) is 0. The number of hydrogen-bond acceptors (Lipinski definition) is 15. The molecule has 0 aliphatic carbocycles. The van der Waals surface area contributed by atoms with Gasteiger partial charge in [-0.05, 0) is 0 Å². The van der Waals surface area contributed by atoms with Gasteiger partial charge in [-0.15, -0.1) is 0 Å². The van der Waals surface area contributed by atoms with Crippen LogP contribution in [0.1, 0.15) is 27.7 Å². The summed E-state index contributed by atoms with van der Waals surface area (Å²) in [6, 6.07) is 0. The van der Waals surface area contributed by atoms with Crippen LogP contribution in [0, 0.1) is 0 Å². The van der Waals surface area contributed by atoms with Crippen molar-refractivity contribution in [1.29, 1.82) is 0 Å². The zero-order valence-corrected chi connectivity index (χ0v) is 19.5. The highest BCUT2D eigenvalue weighted by atomic mass is 16.7. The third-order valence-corrected chi connectivity index (χ3v) is 5.08. The molecular formula is C20H30O15. The van der Waals surface area contributed by atoms with Gasteiger partial charge in [0.05, 0.1) is 0 Å². The molecule has 2 heterocycles. The number of ether oxygens (including phenoxy) is 7. The van der Waals surface area contributed by atoms with Gasteiger partial charge in [-0.2, -0.15) is 0 Å². The van der Waals surface area contributed by atoms with Gasteiger partial charge in [-0.25, -0.2) is 0 Å². The summed E-state index contributed by atoms with van der Waals surface area (Å²) < 4.78 is 36.3. The third-order valence-electron chi connectivity index (χ3n) is 5.08. The minimum Gasteiger partial charge on any atom is -0.463 e. The van der Waals surface area contributed by atoms with Crippen LogP contribution in [0.25, 0.3) is 0 Å². The molecule has 0 radical (unpaired) electrons. The van der Waals surface area contributed by atoms with Gasteiger partial charge < -0.3 is 53.6 Å². The van der Waals surface area contributed by atoms with E-state index in [1.54, 1.807) is 0 Å². The van der Waals surface area contributed by atoms with Gasteiger partial charge in [0.25, 0.3) is 0 Å². The molecule has 200 valence electrons. The Morgan fingerprint density at radius 3 is 1.66 bits per heavy atom.